The second kappa shape index (κ2) is 4.61. The first-order valence-corrected chi connectivity index (χ1v) is 6.53. The Morgan fingerprint density at radius 2 is 1.94 bits per heavy atom. The molecule has 1 aromatic rings. The van der Waals surface area contributed by atoms with E-state index in [1.165, 1.54) is 5.56 Å². The summed E-state index contributed by atoms with van der Waals surface area (Å²) in [6.45, 7) is 0.683. The van der Waals surface area contributed by atoms with Gasteiger partial charge in [0, 0.05) is 12.3 Å². The molecule has 3 rings (SSSR count). The number of ketones is 1. The summed E-state index contributed by atoms with van der Waals surface area (Å²) >= 11 is 0. The van der Waals surface area contributed by atoms with E-state index in [4.69, 9.17) is 4.74 Å². The van der Waals surface area contributed by atoms with Gasteiger partial charge in [-0.25, -0.2) is 0 Å². The minimum atomic E-state index is 0.312. The van der Waals surface area contributed by atoms with Crippen LogP contribution in [-0.4, -0.2) is 11.9 Å². The molecule has 2 nitrogen and oxygen atoms in total. The SMILES string of the molecule is O=C1CCC2C(OCc3ccccc3)CCC12. The van der Waals surface area contributed by atoms with Crippen LogP contribution in [0, 0.1) is 11.8 Å². The van der Waals surface area contributed by atoms with E-state index in [9.17, 15) is 4.79 Å². The molecule has 3 unspecified atom stereocenters. The molecular weight excluding hydrogens is 212 g/mol. The van der Waals surface area contributed by atoms with Gasteiger partial charge in [-0.2, -0.15) is 0 Å². The molecule has 2 fully saturated rings. The van der Waals surface area contributed by atoms with Crippen LogP contribution in [0.2, 0.25) is 0 Å². The van der Waals surface area contributed by atoms with Crippen molar-refractivity contribution >= 4 is 5.78 Å². The Bertz CT molecular complexity index is 399. The smallest absolute Gasteiger partial charge is 0.136 e. The van der Waals surface area contributed by atoms with Gasteiger partial charge in [0.25, 0.3) is 0 Å². The number of benzene rings is 1. The van der Waals surface area contributed by atoms with E-state index in [-0.39, 0.29) is 0 Å². The predicted octanol–water partition coefficient (Wildman–Crippen LogP) is 2.96. The molecule has 0 aromatic heterocycles. The van der Waals surface area contributed by atoms with E-state index in [0.717, 1.165) is 25.7 Å². The average Bonchev–Trinajstić information content (AvgIpc) is 2.92. The van der Waals surface area contributed by atoms with Crippen LogP contribution in [0.1, 0.15) is 31.2 Å². The molecule has 0 amide bonds. The van der Waals surface area contributed by atoms with Gasteiger partial charge in [-0.3, -0.25) is 4.79 Å². The van der Waals surface area contributed by atoms with E-state index >= 15 is 0 Å². The molecule has 0 spiro atoms. The van der Waals surface area contributed by atoms with Crippen molar-refractivity contribution < 1.29 is 9.53 Å². The summed E-state index contributed by atoms with van der Waals surface area (Å²) < 4.78 is 6.00. The summed E-state index contributed by atoms with van der Waals surface area (Å²) in [5, 5.41) is 0. The molecule has 0 bridgehead atoms. The van der Waals surface area contributed by atoms with E-state index in [0.29, 0.717) is 30.3 Å². The molecule has 1 aromatic carbocycles. The van der Waals surface area contributed by atoms with Gasteiger partial charge in [0.1, 0.15) is 5.78 Å². The zero-order chi connectivity index (χ0) is 11.7. The van der Waals surface area contributed by atoms with Crippen molar-refractivity contribution in [2.24, 2.45) is 11.8 Å². The largest absolute Gasteiger partial charge is 0.373 e. The molecule has 2 aliphatic rings. The summed E-state index contributed by atoms with van der Waals surface area (Å²) in [5.41, 5.74) is 1.22. The minimum Gasteiger partial charge on any atom is -0.373 e. The highest BCUT2D eigenvalue weighted by Gasteiger charge is 2.44. The Hall–Kier alpha value is -1.15. The molecule has 0 radical (unpaired) electrons. The lowest BCUT2D eigenvalue weighted by Crippen LogP contribution is -2.20. The highest BCUT2D eigenvalue weighted by atomic mass is 16.5. The Morgan fingerprint density at radius 1 is 1.12 bits per heavy atom. The summed E-state index contributed by atoms with van der Waals surface area (Å²) in [5.74, 6) is 1.29. The summed E-state index contributed by atoms with van der Waals surface area (Å²) in [6.07, 6.45) is 4.24. The predicted molar refractivity (Wildman–Crippen MR) is 65.5 cm³/mol. The summed E-state index contributed by atoms with van der Waals surface area (Å²) in [7, 11) is 0. The fourth-order valence-electron chi connectivity index (χ4n) is 3.30. The molecule has 2 saturated carbocycles. The van der Waals surface area contributed by atoms with Gasteiger partial charge in [-0.15, -0.1) is 0 Å². The normalized spacial score (nSPS) is 31.8. The number of fused-ring (bicyclic) bond motifs is 1. The van der Waals surface area contributed by atoms with Crippen molar-refractivity contribution in [3.05, 3.63) is 35.9 Å². The lowest BCUT2D eigenvalue weighted by molar-refractivity contribution is -0.121. The van der Waals surface area contributed by atoms with Gasteiger partial charge in [0.05, 0.1) is 12.7 Å². The molecule has 2 heteroatoms. The van der Waals surface area contributed by atoms with Crippen LogP contribution in [0.4, 0.5) is 0 Å². The van der Waals surface area contributed by atoms with Gasteiger partial charge in [-0.1, -0.05) is 30.3 Å². The Morgan fingerprint density at radius 3 is 2.76 bits per heavy atom. The maximum Gasteiger partial charge on any atom is 0.136 e. The quantitative estimate of drug-likeness (QED) is 0.798. The molecule has 17 heavy (non-hydrogen) atoms. The molecule has 2 aliphatic carbocycles. The van der Waals surface area contributed by atoms with Gasteiger partial charge in [0.2, 0.25) is 0 Å². The van der Waals surface area contributed by atoms with Crippen LogP contribution in [0.25, 0.3) is 0 Å². The Kier molecular flexibility index (Phi) is 2.98. The van der Waals surface area contributed by atoms with Crippen LogP contribution >= 0.6 is 0 Å². The maximum absolute atomic E-state index is 11.6. The van der Waals surface area contributed by atoms with Crippen molar-refractivity contribution in [2.75, 3.05) is 0 Å². The van der Waals surface area contributed by atoms with Gasteiger partial charge in [0.15, 0.2) is 0 Å². The number of hydrogen-bond acceptors (Lipinski definition) is 2. The highest BCUT2D eigenvalue weighted by molar-refractivity contribution is 5.83. The molecule has 0 aliphatic heterocycles. The van der Waals surface area contributed by atoms with Crippen LogP contribution in [0.5, 0.6) is 0 Å². The first-order chi connectivity index (χ1) is 8.34. The topological polar surface area (TPSA) is 26.3 Å². The third-order valence-electron chi connectivity index (χ3n) is 4.20. The maximum atomic E-state index is 11.6. The van der Waals surface area contributed by atoms with Gasteiger partial charge < -0.3 is 4.74 Å². The fourth-order valence-corrected chi connectivity index (χ4v) is 3.30. The standard InChI is InChI=1S/C15H18O2/c16-14-8-6-13-12(14)7-9-15(13)17-10-11-4-2-1-3-5-11/h1-5,12-13,15H,6-10H2. The molecule has 0 heterocycles. The molecule has 3 atom stereocenters. The fraction of sp³-hybridized carbons (Fsp3) is 0.533. The average molecular weight is 230 g/mol. The first kappa shape index (κ1) is 11.0. The second-order valence-corrected chi connectivity index (χ2v) is 5.19. The molecular formula is C15H18O2. The minimum absolute atomic E-state index is 0.312. The van der Waals surface area contributed by atoms with Crippen molar-refractivity contribution in [1.29, 1.82) is 0 Å². The number of ether oxygens (including phenoxy) is 1. The van der Waals surface area contributed by atoms with E-state index in [1.54, 1.807) is 0 Å². The third-order valence-corrected chi connectivity index (χ3v) is 4.20. The van der Waals surface area contributed by atoms with Gasteiger partial charge in [-0.05, 0) is 30.7 Å². The van der Waals surface area contributed by atoms with Crippen LogP contribution in [0.3, 0.4) is 0 Å². The zero-order valence-electron chi connectivity index (χ0n) is 9.97. The molecule has 0 N–H and O–H groups in total. The number of carbonyl (C=O) groups excluding carboxylic acids is 1. The highest BCUT2D eigenvalue weighted by Crippen LogP contribution is 2.43. The number of Topliss-reactive ketones (excluding diaryl/α,β-unsaturated/α-hetero) is 1. The van der Waals surface area contributed by atoms with Crippen molar-refractivity contribution in [3.63, 3.8) is 0 Å². The Labute approximate surface area is 102 Å². The molecule has 90 valence electrons. The summed E-state index contributed by atoms with van der Waals surface area (Å²) in [6, 6.07) is 10.3. The number of carbonyl (C=O) groups is 1. The number of rotatable bonds is 3. The van der Waals surface area contributed by atoms with Crippen LogP contribution in [-0.2, 0) is 16.1 Å². The van der Waals surface area contributed by atoms with Crippen molar-refractivity contribution in [2.45, 2.75) is 38.4 Å². The Balaban J connectivity index is 1.58. The van der Waals surface area contributed by atoms with E-state index in [1.807, 2.05) is 18.2 Å². The lowest BCUT2D eigenvalue weighted by Gasteiger charge is -2.18. The van der Waals surface area contributed by atoms with Crippen molar-refractivity contribution in [3.8, 4) is 0 Å². The van der Waals surface area contributed by atoms with Crippen LogP contribution in [0.15, 0.2) is 30.3 Å². The lowest BCUT2D eigenvalue weighted by atomic mass is 9.99. The van der Waals surface area contributed by atoms with Crippen LogP contribution < -0.4 is 0 Å². The zero-order valence-corrected chi connectivity index (χ0v) is 9.97. The van der Waals surface area contributed by atoms with E-state index in [2.05, 4.69) is 12.1 Å². The van der Waals surface area contributed by atoms with Crippen molar-refractivity contribution in [1.82, 2.24) is 0 Å². The second-order valence-electron chi connectivity index (χ2n) is 5.19. The molecule has 0 saturated heterocycles. The monoisotopic (exact) mass is 230 g/mol. The van der Waals surface area contributed by atoms with Gasteiger partial charge >= 0.3 is 0 Å². The van der Waals surface area contributed by atoms with E-state index < -0.39 is 0 Å². The first-order valence-electron chi connectivity index (χ1n) is 6.53. The third kappa shape index (κ3) is 2.14. The summed E-state index contributed by atoms with van der Waals surface area (Å²) in [4.78, 5) is 11.6. The number of hydrogen-bond donors (Lipinski definition) is 0.